The summed E-state index contributed by atoms with van der Waals surface area (Å²) in [7, 11) is 0. The van der Waals surface area contributed by atoms with Crippen LogP contribution in [0.25, 0.3) is 0 Å². The minimum absolute atomic E-state index is 0.0736. The Morgan fingerprint density at radius 1 is 1.38 bits per heavy atom. The van der Waals surface area contributed by atoms with Gasteiger partial charge in [0.1, 0.15) is 0 Å². The summed E-state index contributed by atoms with van der Waals surface area (Å²) in [5.41, 5.74) is -0.869. The molecular formula is C8H11F3O2. The van der Waals surface area contributed by atoms with Crippen molar-refractivity contribution in [2.45, 2.75) is 26.4 Å². The van der Waals surface area contributed by atoms with Crippen LogP contribution in [0.15, 0.2) is 11.6 Å². The number of hydrogen-bond donors (Lipinski definition) is 0. The van der Waals surface area contributed by atoms with Crippen LogP contribution in [0.4, 0.5) is 13.2 Å². The van der Waals surface area contributed by atoms with Gasteiger partial charge in [0.05, 0.1) is 6.61 Å². The summed E-state index contributed by atoms with van der Waals surface area (Å²) in [5.74, 6) is -0.948. The van der Waals surface area contributed by atoms with E-state index in [2.05, 4.69) is 4.74 Å². The third-order valence-electron chi connectivity index (χ3n) is 1.32. The number of hydrogen-bond acceptors (Lipinski definition) is 2. The molecule has 0 aliphatic rings. The van der Waals surface area contributed by atoms with Gasteiger partial charge in [-0.3, -0.25) is 0 Å². The highest BCUT2D eigenvalue weighted by Crippen LogP contribution is 2.27. The summed E-state index contributed by atoms with van der Waals surface area (Å²) >= 11 is 0. The maximum atomic E-state index is 12.0. The molecule has 0 aliphatic heterocycles. The van der Waals surface area contributed by atoms with Gasteiger partial charge in [-0.1, -0.05) is 6.92 Å². The van der Waals surface area contributed by atoms with Gasteiger partial charge < -0.3 is 4.74 Å². The molecule has 0 aliphatic carbocycles. The van der Waals surface area contributed by atoms with Crippen molar-refractivity contribution in [2.75, 3.05) is 6.61 Å². The van der Waals surface area contributed by atoms with Gasteiger partial charge in [-0.05, 0) is 13.3 Å². The van der Waals surface area contributed by atoms with Crippen LogP contribution in [-0.2, 0) is 9.53 Å². The van der Waals surface area contributed by atoms with E-state index in [1.165, 1.54) is 13.8 Å². The van der Waals surface area contributed by atoms with Crippen LogP contribution >= 0.6 is 0 Å². The molecule has 0 rings (SSSR count). The molecule has 13 heavy (non-hydrogen) atoms. The van der Waals surface area contributed by atoms with Crippen LogP contribution in [0.1, 0.15) is 20.3 Å². The standard InChI is InChI=1S/C8H11F3O2/c1-3-6(8(9,10)11)5-7(12)13-4-2/h5H,3-4H2,1-2H3/b6-5+. The second-order valence-electron chi connectivity index (χ2n) is 2.27. The van der Waals surface area contributed by atoms with E-state index in [9.17, 15) is 18.0 Å². The van der Waals surface area contributed by atoms with Gasteiger partial charge in [0.2, 0.25) is 0 Å². The molecule has 0 heterocycles. The molecule has 0 amide bonds. The fraction of sp³-hybridized carbons (Fsp3) is 0.625. The molecule has 0 saturated carbocycles. The predicted molar refractivity (Wildman–Crippen MR) is 41.1 cm³/mol. The van der Waals surface area contributed by atoms with E-state index in [1.54, 1.807) is 0 Å². The number of carbonyl (C=O) groups is 1. The van der Waals surface area contributed by atoms with Crippen molar-refractivity contribution in [3.05, 3.63) is 11.6 Å². The number of esters is 1. The fourth-order valence-electron chi connectivity index (χ4n) is 0.711. The summed E-state index contributed by atoms with van der Waals surface area (Å²) < 4.78 is 40.5. The number of halogens is 3. The molecule has 0 bridgehead atoms. The molecule has 0 aromatic heterocycles. The molecular weight excluding hydrogens is 185 g/mol. The zero-order chi connectivity index (χ0) is 10.5. The molecule has 0 aromatic carbocycles. The van der Waals surface area contributed by atoms with Gasteiger partial charge in [-0.2, -0.15) is 13.2 Å². The molecule has 0 radical (unpaired) electrons. The van der Waals surface area contributed by atoms with Crippen LogP contribution in [0.5, 0.6) is 0 Å². The first-order chi connectivity index (χ1) is 5.91. The van der Waals surface area contributed by atoms with Gasteiger partial charge in [-0.15, -0.1) is 0 Å². The molecule has 0 N–H and O–H groups in total. The van der Waals surface area contributed by atoms with Gasteiger partial charge in [0, 0.05) is 11.6 Å². The van der Waals surface area contributed by atoms with Crippen molar-refractivity contribution in [2.24, 2.45) is 0 Å². The smallest absolute Gasteiger partial charge is 0.412 e. The quantitative estimate of drug-likeness (QED) is 0.512. The number of carbonyl (C=O) groups excluding carboxylic acids is 1. The number of rotatable bonds is 3. The van der Waals surface area contributed by atoms with Crippen molar-refractivity contribution in [3.8, 4) is 0 Å². The van der Waals surface area contributed by atoms with Crippen LogP contribution in [0.2, 0.25) is 0 Å². The molecule has 0 unspecified atom stereocenters. The average Bonchev–Trinajstić information content (AvgIpc) is 1.98. The summed E-state index contributed by atoms with van der Waals surface area (Å²) in [6.07, 6.45) is -4.19. The van der Waals surface area contributed by atoms with Crippen LogP contribution in [-0.4, -0.2) is 18.8 Å². The maximum absolute atomic E-state index is 12.0. The van der Waals surface area contributed by atoms with E-state index in [0.29, 0.717) is 6.08 Å². The van der Waals surface area contributed by atoms with Gasteiger partial charge in [0.25, 0.3) is 0 Å². The summed E-state index contributed by atoms with van der Waals surface area (Å²) in [6, 6.07) is 0. The zero-order valence-electron chi connectivity index (χ0n) is 7.44. The lowest BCUT2D eigenvalue weighted by Gasteiger charge is -2.08. The van der Waals surface area contributed by atoms with E-state index < -0.39 is 17.7 Å². The lowest BCUT2D eigenvalue weighted by atomic mass is 10.2. The Morgan fingerprint density at radius 3 is 2.23 bits per heavy atom. The summed E-state index contributed by atoms with van der Waals surface area (Å²) in [5, 5.41) is 0. The Hall–Kier alpha value is -1.00. The zero-order valence-corrected chi connectivity index (χ0v) is 7.44. The normalized spacial score (nSPS) is 12.8. The largest absolute Gasteiger partial charge is 0.463 e. The molecule has 5 heteroatoms. The highest BCUT2D eigenvalue weighted by atomic mass is 19.4. The number of alkyl halides is 3. The van der Waals surface area contributed by atoms with E-state index in [1.807, 2.05) is 0 Å². The van der Waals surface area contributed by atoms with Crippen LogP contribution < -0.4 is 0 Å². The molecule has 2 nitrogen and oxygen atoms in total. The van der Waals surface area contributed by atoms with Crippen molar-refractivity contribution < 1.29 is 22.7 Å². The van der Waals surface area contributed by atoms with Crippen LogP contribution in [0, 0.1) is 0 Å². The Morgan fingerprint density at radius 2 is 1.92 bits per heavy atom. The lowest BCUT2D eigenvalue weighted by Crippen LogP contribution is -2.13. The molecule has 0 saturated heterocycles. The molecule has 0 fully saturated rings. The van der Waals surface area contributed by atoms with E-state index in [0.717, 1.165) is 0 Å². The lowest BCUT2D eigenvalue weighted by molar-refractivity contribution is -0.138. The summed E-state index contributed by atoms with van der Waals surface area (Å²) in [6.45, 7) is 2.94. The topological polar surface area (TPSA) is 26.3 Å². The monoisotopic (exact) mass is 196 g/mol. The summed E-state index contributed by atoms with van der Waals surface area (Å²) in [4.78, 5) is 10.7. The van der Waals surface area contributed by atoms with E-state index in [4.69, 9.17) is 0 Å². The first-order valence-corrected chi connectivity index (χ1v) is 3.86. The van der Waals surface area contributed by atoms with Crippen molar-refractivity contribution >= 4 is 5.97 Å². The predicted octanol–water partition coefficient (Wildman–Crippen LogP) is 2.45. The first-order valence-electron chi connectivity index (χ1n) is 3.86. The van der Waals surface area contributed by atoms with Gasteiger partial charge >= 0.3 is 12.1 Å². The number of allylic oxidation sites excluding steroid dienone is 1. The molecule has 76 valence electrons. The van der Waals surface area contributed by atoms with Crippen molar-refractivity contribution in [1.82, 2.24) is 0 Å². The highest BCUT2D eigenvalue weighted by Gasteiger charge is 2.32. The van der Waals surface area contributed by atoms with E-state index in [-0.39, 0.29) is 13.0 Å². The van der Waals surface area contributed by atoms with E-state index >= 15 is 0 Å². The second kappa shape index (κ2) is 4.89. The maximum Gasteiger partial charge on any atom is 0.412 e. The molecule has 0 spiro atoms. The average molecular weight is 196 g/mol. The van der Waals surface area contributed by atoms with Gasteiger partial charge in [0.15, 0.2) is 0 Å². The Balaban J connectivity index is 4.48. The first kappa shape index (κ1) is 12.0. The van der Waals surface area contributed by atoms with Crippen molar-refractivity contribution in [3.63, 3.8) is 0 Å². The number of ether oxygens (including phenoxy) is 1. The molecule has 0 aromatic rings. The fourth-order valence-corrected chi connectivity index (χ4v) is 0.711. The van der Waals surface area contributed by atoms with Gasteiger partial charge in [-0.25, -0.2) is 4.79 Å². The Kier molecular flexibility index (Phi) is 4.51. The Labute approximate surface area is 74.4 Å². The third kappa shape index (κ3) is 4.55. The third-order valence-corrected chi connectivity index (χ3v) is 1.32. The SMILES string of the molecule is CCOC(=O)/C=C(\CC)C(F)(F)F. The Bertz CT molecular complexity index is 206. The van der Waals surface area contributed by atoms with Crippen molar-refractivity contribution in [1.29, 1.82) is 0 Å². The highest BCUT2D eigenvalue weighted by molar-refractivity contribution is 5.83. The minimum atomic E-state index is -4.44. The van der Waals surface area contributed by atoms with Crippen LogP contribution in [0.3, 0.4) is 0 Å². The minimum Gasteiger partial charge on any atom is -0.463 e. The second-order valence-corrected chi connectivity index (χ2v) is 2.27. The molecule has 0 atom stereocenters.